The molecular formula is C29H30Cl2F2N2O3. The summed E-state index contributed by atoms with van der Waals surface area (Å²) in [5.41, 5.74) is 2.96. The summed E-state index contributed by atoms with van der Waals surface area (Å²) < 4.78 is 35.4. The average Bonchev–Trinajstić information content (AvgIpc) is 3.21. The molecule has 9 heteroatoms. The molecule has 0 aliphatic carbocycles. The van der Waals surface area contributed by atoms with E-state index in [-0.39, 0.29) is 34.3 Å². The Morgan fingerprint density at radius 3 is 2.58 bits per heavy atom. The van der Waals surface area contributed by atoms with E-state index in [1.807, 2.05) is 17.6 Å². The fourth-order valence-electron chi connectivity index (χ4n) is 5.25. The second-order valence-corrected chi connectivity index (χ2v) is 10.7. The van der Waals surface area contributed by atoms with E-state index < -0.39 is 5.92 Å². The minimum atomic E-state index is -3.15. The molecule has 0 N–H and O–H groups in total. The molecule has 1 fully saturated rings. The van der Waals surface area contributed by atoms with Crippen LogP contribution in [0.4, 0.5) is 8.78 Å². The number of likely N-dealkylation sites (tertiary alicyclic amines) is 1. The zero-order valence-electron chi connectivity index (χ0n) is 21.8. The summed E-state index contributed by atoms with van der Waals surface area (Å²) in [5, 5.41) is 1.50. The van der Waals surface area contributed by atoms with Crippen molar-refractivity contribution in [1.82, 2.24) is 9.47 Å². The number of ether oxygens (including phenoxy) is 1. The van der Waals surface area contributed by atoms with Crippen molar-refractivity contribution in [3.05, 3.63) is 81.0 Å². The van der Waals surface area contributed by atoms with Gasteiger partial charge in [-0.15, -0.1) is 0 Å². The van der Waals surface area contributed by atoms with Crippen LogP contribution in [0, 0.1) is 18.8 Å². The molecule has 2 atom stereocenters. The number of carbonyl (C=O) groups is 2. The fraction of sp³-hybridized carbons (Fsp3) is 0.379. The van der Waals surface area contributed by atoms with Crippen molar-refractivity contribution in [1.29, 1.82) is 0 Å². The number of fused-ring (bicyclic) bond motifs is 1. The van der Waals surface area contributed by atoms with Crippen molar-refractivity contribution in [3.8, 4) is 0 Å². The molecule has 5 nitrogen and oxygen atoms in total. The number of esters is 1. The van der Waals surface area contributed by atoms with Crippen LogP contribution in [0.25, 0.3) is 10.9 Å². The number of amides is 1. The first-order chi connectivity index (χ1) is 17.9. The zero-order chi connectivity index (χ0) is 27.9. The van der Waals surface area contributed by atoms with Crippen LogP contribution >= 0.6 is 23.2 Å². The quantitative estimate of drug-likeness (QED) is 0.241. The van der Waals surface area contributed by atoms with Crippen molar-refractivity contribution < 1.29 is 23.1 Å². The highest BCUT2D eigenvalue weighted by atomic mass is 35.5. The molecule has 1 aliphatic heterocycles. The van der Waals surface area contributed by atoms with Crippen LogP contribution in [0.15, 0.2) is 43.0 Å². The summed E-state index contributed by atoms with van der Waals surface area (Å²) in [4.78, 5) is 27.2. The third-order valence-electron chi connectivity index (χ3n) is 7.58. The summed E-state index contributed by atoms with van der Waals surface area (Å²) in [7, 11) is 3.17. The van der Waals surface area contributed by atoms with Crippen LogP contribution in [-0.4, -0.2) is 41.5 Å². The Labute approximate surface area is 231 Å². The molecule has 4 rings (SSSR count). The highest BCUT2D eigenvalue weighted by Crippen LogP contribution is 2.36. The smallest absolute Gasteiger partial charge is 0.309 e. The molecule has 0 spiro atoms. The molecular weight excluding hydrogens is 533 g/mol. The van der Waals surface area contributed by atoms with E-state index in [9.17, 15) is 18.4 Å². The summed E-state index contributed by atoms with van der Waals surface area (Å²) in [6.45, 7) is 7.80. The van der Waals surface area contributed by atoms with Gasteiger partial charge in [0.1, 0.15) is 0 Å². The largest absolute Gasteiger partial charge is 0.469 e. The van der Waals surface area contributed by atoms with Crippen LogP contribution in [0.2, 0.25) is 10.0 Å². The van der Waals surface area contributed by atoms with Gasteiger partial charge in [-0.3, -0.25) is 9.59 Å². The fourth-order valence-corrected chi connectivity index (χ4v) is 5.84. The van der Waals surface area contributed by atoms with E-state index in [0.717, 1.165) is 11.1 Å². The van der Waals surface area contributed by atoms with Crippen LogP contribution in [0.1, 0.15) is 46.1 Å². The van der Waals surface area contributed by atoms with E-state index >= 15 is 0 Å². The Kier molecular flexibility index (Phi) is 7.91. The number of allylic oxidation sites excluding steroid dienone is 1. The van der Waals surface area contributed by atoms with Crippen LogP contribution in [0.5, 0.6) is 0 Å². The normalized spacial score (nSPS) is 18.1. The van der Waals surface area contributed by atoms with Crippen LogP contribution in [-0.2, 0) is 28.9 Å². The Bertz CT molecular complexity index is 1430. The Morgan fingerprint density at radius 2 is 1.95 bits per heavy atom. The molecule has 2 aromatic carbocycles. The van der Waals surface area contributed by atoms with E-state index in [0.29, 0.717) is 59.2 Å². The molecule has 1 saturated heterocycles. The molecule has 0 bridgehead atoms. The van der Waals surface area contributed by atoms with Gasteiger partial charge in [0.15, 0.2) is 0 Å². The number of rotatable bonds is 6. The predicted molar refractivity (Wildman–Crippen MR) is 146 cm³/mol. The van der Waals surface area contributed by atoms with Gasteiger partial charge in [0.25, 0.3) is 11.8 Å². The maximum absolute atomic E-state index is 14.3. The molecule has 202 valence electrons. The van der Waals surface area contributed by atoms with E-state index in [1.165, 1.54) is 19.2 Å². The second kappa shape index (κ2) is 10.7. The highest BCUT2D eigenvalue weighted by Gasteiger charge is 2.35. The average molecular weight is 563 g/mol. The first kappa shape index (κ1) is 28.1. The Morgan fingerprint density at radius 1 is 1.24 bits per heavy atom. The number of hydrogen-bond donors (Lipinski definition) is 0. The van der Waals surface area contributed by atoms with Gasteiger partial charge in [-0.1, -0.05) is 36.7 Å². The molecule has 2 heterocycles. The molecule has 3 aromatic rings. The summed E-state index contributed by atoms with van der Waals surface area (Å²) in [6.07, 6.45) is 1.45. The Balaban J connectivity index is 1.65. The lowest BCUT2D eigenvalue weighted by molar-refractivity contribution is -0.148. The SMILES string of the molecule is C=CC(F)(F)c1cc(C)c2cc(Cc3c(Cl)ccc(C(=O)N4CCC(C(=O)OC)C(C)C4)c3Cl)n(C)c2c1. The van der Waals surface area contributed by atoms with Gasteiger partial charge in [0.05, 0.1) is 23.6 Å². The summed E-state index contributed by atoms with van der Waals surface area (Å²) in [5.74, 6) is -3.94. The monoisotopic (exact) mass is 562 g/mol. The summed E-state index contributed by atoms with van der Waals surface area (Å²) in [6, 6.07) is 8.13. The second-order valence-electron chi connectivity index (χ2n) is 9.96. The van der Waals surface area contributed by atoms with Crippen molar-refractivity contribution in [2.24, 2.45) is 18.9 Å². The number of carbonyl (C=O) groups excluding carboxylic acids is 2. The first-order valence-corrected chi connectivity index (χ1v) is 13.1. The third kappa shape index (κ3) is 5.06. The molecule has 0 radical (unpaired) electrons. The summed E-state index contributed by atoms with van der Waals surface area (Å²) >= 11 is 13.3. The van der Waals surface area contributed by atoms with Gasteiger partial charge in [0, 0.05) is 53.7 Å². The number of nitrogens with zero attached hydrogens (tertiary/aromatic N) is 2. The Hall–Kier alpha value is -2.90. The number of halogens is 4. The van der Waals surface area contributed by atoms with Gasteiger partial charge >= 0.3 is 5.97 Å². The number of aryl methyl sites for hydroxylation is 2. The van der Waals surface area contributed by atoms with Crippen molar-refractivity contribution >= 4 is 46.0 Å². The van der Waals surface area contributed by atoms with E-state index in [2.05, 4.69) is 6.58 Å². The number of alkyl halides is 2. The van der Waals surface area contributed by atoms with Crippen molar-refractivity contribution in [2.75, 3.05) is 20.2 Å². The highest BCUT2D eigenvalue weighted by molar-refractivity contribution is 6.38. The molecule has 1 amide bonds. The van der Waals surface area contributed by atoms with Gasteiger partial charge in [-0.25, -0.2) is 0 Å². The minimum absolute atomic E-state index is 0.0527. The van der Waals surface area contributed by atoms with Crippen LogP contribution < -0.4 is 0 Å². The first-order valence-electron chi connectivity index (χ1n) is 12.3. The van der Waals surface area contributed by atoms with Gasteiger partial charge in [0.2, 0.25) is 0 Å². The van der Waals surface area contributed by atoms with Gasteiger partial charge in [-0.2, -0.15) is 8.78 Å². The number of methoxy groups -OCH3 is 1. The lowest BCUT2D eigenvalue weighted by atomic mass is 9.86. The van der Waals surface area contributed by atoms with Crippen molar-refractivity contribution in [3.63, 3.8) is 0 Å². The molecule has 2 unspecified atom stereocenters. The molecule has 1 aromatic heterocycles. The molecule has 0 saturated carbocycles. The van der Waals surface area contributed by atoms with E-state index in [1.54, 1.807) is 31.0 Å². The number of benzene rings is 2. The number of piperidine rings is 1. The third-order valence-corrected chi connectivity index (χ3v) is 8.37. The van der Waals surface area contributed by atoms with Gasteiger partial charge < -0.3 is 14.2 Å². The maximum Gasteiger partial charge on any atom is 0.309 e. The van der Waals surface area contributed by atoms with Crippen LogP contribution in [0.3, 0.4) is 0 Å². The number of aromatic nitrogens is 1. The van der Waals surface area contributed by atoms with E-state index in [4.69, 9.17) is 27.9 Å². The maximum atomic E-state index is 14.3. The topological polar surface area (TPSA) is 51.5 Å². The molecule has 1 aliphatic rings. The van der Waals surface area contributed by atoms with Gasteiger partial charge in [-0.05, 0) is 66.8 Å². The lowest BCUT2D eigenvalue weighted by Crippen LogP contribution is -2.45. The number of hydrogen-bond acceptors (Lipinski definition) is 3. The lowest BCUT2D eigenvalue weighted by Gasteiger charge is -2.35. The standard InChI is InChI=1S/C29H30Cl2F2N2O3/c1-6-29(32,33)18-11-16(2)22-13-19(34(4)25(22)12-18)14-23-24(30)8-7-21(26(23)31)27(36)35-10-9-20(17(3)15-35)28(37)38-5/h6-8,11-13,17,20H,1,9-10,14-15H2,2-5H3. The minimum Gasteiger partial charge on any atom is -0.469 e. The zero-order valence-corrected chi connectivity index (χ0v) is 23.3. The predicted octanol–water partition coefficient (Wildman–Crippen LogP) is 6.93. The van der Waals surface area contributed by atoms with Crippen molar-refractivity contribution in [2.45, 2.75) is 32.6 Å². The molecule has 38 heavy (non-hydrogen) atoms.